The molecule has 0 amide bonds. The highest BCUT2D eigenvalue weighted by molar-refractivity contribution is 6.30. The first-order valence-corrected chi connectivity index (χ1v) is 8.03. The smallest absolute Gasteiger partial charge is 0.155 e. The van der Waals surface area contributed by atoms with Gasteiger partial charge < -0.3 is 9.52 Å². The number of H-pyrrole nitrogens is 1. The van der Waals surface area contributed by atoms with Crippen molar-refractivity contribution in [3.8, 4) is 11.5 Å². The molecule has 24 heavy (non-hydrogen) atoms. The summed E-state index contributed by atoms with van der Waals surface area (Å²) in [5.41, 5.74) is 3.98. The van der Waals surface area contributed by atoms with Crippen LogP contribution < -0.4 is 0 Å². The van der Waals surface area contributed by atoms with Gasteiger partial charge in [-0.25, -0.2) is 0 Å². The predicted octanol–water partition coefficient (Wildman–Crippen LogP) is 4.56. The van der Waals surface area contributed by atoms with E-state index in [-0.39, 0.29) is 6.61 Å². The van der Waals surface area contributed by atoms with Gasteiger partial charge in [0.05, 0.1) is 5.52 Å². The normalized spacial score (nSPS) is 11.2. The Bertz CT molecular complexity index is 1000. The number of hydrogen-bond donors (Lipinski definition) is 2. The molecule has 0 saturated carbocycles. The fourth-order valence-electron chi connectivity index (χ4n) is 2.93. The van der Waals surface area contributed by atoms with Crippen molar-refractivity contribution in [1.82, 2.24) is 10.2 Å². The Labute approximate surface area is 143 Å². The molecule has 0 radical (unpaired) electrons. The quantitative estimate of drug-likeness (QED) is 0.573. The number of aliphatic hydroxyl groups is 1. The van der Waals surface area contributed by atoms with E-state index in [1.807, 2.05) is 36.4 Å². The van der Waals surface area contributed by atoms with E-state index in [0.29, 0.717) is 11.5 Å². The summed E-state index contributed by atoms with van der Waals surface area (Å²) in [6.45, 7) is -0.127. The number of nitrogens with zero attached hydrogens (tertiary/aromatic N) is 1. The lowest BCUT2D eigenvalue weighted by atomic mass is 9.99. The predicted molar refractivity (Wildman–Crippen MR) is 94.0 cm³/mol. The highest BCUT2D eigenvalue weighted by Gasteiger charge is 2.15. The van der Waals surface area contributed by atoms with Gasteiger partial charge in [0, 0.05) is 10.4 Å². The summed E-state index contributed by atoms with van der Waals surface area (Å²) in [6.07, 6.45) is 0.748. The molecule has 120 valence electrons. The van der Waals surface area contributed by atoms with Crippen molar-refractivity contribution >= 4 is 22.5 Å². The molecule has 2 heterocycles. The number of nitrogens with one attached hydrogen (secondary N) is 1. The molecule has 0 aliphatic heterocycles. The Morgan fingerprint density at radius 2 is 1.96 bits per heavy atom. The Kier molecular flexibility index (Phi) is 3.84. The maximum absolute atomic E-state index is 9.20. The summed E-state index contributed by atoms with van der Waals surface area (Å²) in [6, 6.07) is 17.5. The Hall–Kier alpha value is -2.56. The molecule has 2 aromatic heterocycles. The van der Waals surface area contributed by atoms with Crippen LogP contribution >= 0.6 is 11.6 Å². The number of hydrogen-bond acceptors (Lipinski definition) is 3. The zero-order valence-corrected chi connectivity index (χ0v) is 13.5. The van der Waals surface area contributed by atoms with E-state index >= 15 is 0 Å². The van der Waals surface area contributed by atoms with E-state index in [1.54, 1.807) is 6.07 Å². The maximum Gasteiger partial charge on any atom is 0.155 e. The first-order chi connectivity index (χ1) is 11.7. The highest BCUT2D eigenvalue weighted by atomic mass is 35.5. The number of aromatic amines is 1. The fraction of sp³-hybridized carbons (Fsp3) is 0.105. The SMILES string of the molecule is OCc1ccc(-c2n[nH]c3cccc(Cc4cccc(Cl)c4)c23)o1. The largest absolute Gasteiger partial charge is 0.457 e. The molecule has 0 bridgehead atoms. The van der Waals surface area contributed by atoms with Crippen LogP contribution in [0.5, 0.6) is 0 Å². The molecule has 0 aliphatic rings. The average Bonchev–Trinajstić information content (AvgIpc) is 3.21. The van der Waals surface area contributed by atoms with Gasteiger partial charge in [0.1, 0.15) is 18.1 Å². The van der Waals surface area contributed by atoms with Crippen LogP contribution in [0.15, 0.2) is 59.0 Å². The number of fused-ring (bicyclic) bond motifs is 1. The topological polar surface area (TPSA) is 62.1 Å². The zero-order valence-electron chi connectivity index (χ0n) is 12.8. The van der Waals surface area contributed by atoms with Crippen molar-refractivity contribution < 1.29 is 9.52 Å². The van der Waals surface area contributed by atoms with E-state index in [0.717, 1.165) is 39.2 Å². The van der Waals surface area contributed by atoms with Gasteiger partial charge in [-0.3, -0.25) is 5.10 Å². The van der Waals surface area contributed by atoms with E-state index < -0.39 is 0 Å². The third kappa shape index (κ3) is 2.70. The summed E-state index contributed by atoms with van der Waals surface area (Å²) in [4.78, 5) is 0. The van der Waals surface area contributed by atoms with Crippen molar-refractivity contribution in [2.75, 3.05) is 0 Å². The summed E-state index contributed by atoms with van der Waals surface area (Å²) < 4.78 is 5.66. The lowest BCUT2D eigenvalue weighted by molar-refractivity contribution is 0.248. The second-order valence-electron chi connectivity index (χ2n) is 5.64. The van der Waals surface area contributed by atoms with Crippen LogP contribution in [0.2, 0.25) is 5.02 Å². The van der Waals surface area contributed by atoms with Crippen LogP contribution in [0, 0.1) is 0 Å². The van der Waals surface area contributed by atoms with E-state index in [1.165, 1.54) is 0 Å². The van der Waals surface area contributed by atoms with Gasteiger partial charge in [0.15, 0.2) is 5.76 Å². The molecule has 4 rings (SSSR count). The van der Waals surface area contributed by atoms with Crippen molar-refractivity contribution in [1.29, 1.82) is 0 Å². The summed E-state index contributed by atoms with van der Waals surface area (Å²) in [5.74, 6) is 1.16. The van der Waals surface area contributed by atoms with Crippen LogP contribution in [-0.2, 0) is 13.0 Å². The van der Waals surface area contributed by atoms with Gasteiger partial charge in [-0.05, 0) is 47.9 Å². The maximum atomic E-state index is 9.20. The number of rotatable bonds is 4. The summed E-state index contributed by atoms with van der Waals surface area (Å²) >= 11 is 6.10. The van der Waals surface area contributed by atoms with Gasteiger partial charge in [-0.15, -0.1) is 0 Å². The van der Waals surface area contributed by atoms with Crippen LogP contribution in [0.1, 0.15) is 16.9 Å². The standard InChI is InChI=1S/C19H15ClN2O2/c20-14-5-1-3-12(10-14)9-13-4-2-6-16-18(13)19(22-21-16)17-8-7-15(11-23)24-17/h1-8,10,23H,9,11H2,(H,21,22). The fourth-order valence-corrected chi connectivity index (χ4v) is 3.14. The third-order valence-corrected chi connectivity index (χ3v) is 4.25. The first kappa shape index (κ1) is 15.0. The van der Waals surface area contributed by atoms with Gasteiger partial charge in [0.25, 0.3) is 0 Å². The average molecular weight is 339 g/mol. The second-order valence-corrected chi connectivity index (χ2v) is 6.08. The van der Waals surface area contributed by atoms with E-state index in [4.69, 9.17) is 16.0 Å². The number of furan rings is 1. The lowest BCUT2D eigenvalue weighted by Crippen LogP contribution is -1.90. The first-order valence-electron chi connectivity index (χ1n) is 7.65. The van der Waals surface area contributed by atoms with Crippen LogP contribution in [0.3, 0.4) is 0 Å². The van der Waals surface area contributed by atoms with Crippen molar-refractivity contribution in [3.63, 3.8) is 0 Å². The molecule has 0 spiro atoms. The molecule has 0 saturated heterocycles. The van der Waals surface area contributed by atoms with Gasteiger partial charge in [-0.1, -0.05) is 35.9 Å². The molecule has 0 aliphatic carbocycles. The molecule has 0 atom stereocenters. The monoisotopic (exact) mass is 338 g/mol. The van der Waals surface area contributed by atoms with Gasteiger partial charge >= 0.3 is 0 Å². The van der Waals surface area contributed by atoms with E-state index in [9.17, 15) is 5.11 Å². The highest BCUT2D eigenvalue weighted by Crippen LogP contribution is 2.31. The third-order valence-electron chi connectivity index (χ3n) is 4.01. The molecular weight excluding hydrogens is 324 g/mol. The Morgan fingerprint density at radius 1 is 1.08 bits per heavy atom. The summed E-state index contributed by atoms with van der Waals surface area (Å²) in [7, 11) is 0. The molecule has 2 N–H and O–H groups in total. The lowest BCUT2D eigenvalue weighted by Gasteiger charge is -2.05. The molecular formula is C19H15ClN2O2. The number of halogens is 1. The van der Waals surface area contributed by atoms with Crippen LogP contribution in [0.4, 0.5) is 0 Å². The minimum absolute atomic E-state index is 0.127. The zero-order chi connectivity index (χ0) is 16.5. The van der Waals surface area contributed by atoms with Crippen molar-refractivity contribution in [3.05, 3.63) is 76.5 Å². The molecule has 2 aromatic carbocycles. The summed E-state index contributed by atoms with van der Waals surface area (Å²) in [5, 5.41) is 18.4. The molecule has 4 nitrogen and oxygen atoms in total. The molecule has 4 aromatic rings. The Balaban J connectivity index is 1.82. The molecule has 0 fully saturated rings. The Morgan fingerprint density at radius 3 is 2.75 bits per heavy atom. The van der Waals surface area contributed by atoms with E-state index in [2.05, 4.69) is 22.3 Å². The minimum atomic E-state index is -0.127. The van der Waals surface area contributed by atoms with Gasteiger partial charge in [0.2, 0.25) is 0 Å². The van der Waals surface area contributed by atoms with Crippen molar-refractivity contribution in [2.24, 2.45) is 0 Å². The number of aromatic nitrogens is 2. The second kappa shape index (κ2) is 6.15. The van der Waals surface area contributed by atoms with Crippen molar-refractivity contribution in [2.45, 2.75) is 13.0 Å². The minimum Gasteiger partial charge on any atom is -0.457 e. The molecule has 5 heteroatoms. The van der Waals surface area contributed by atoms with Crippen LogP contribution in [0.25, 0.3) is 22.4 Å². The molecule has 0 unspecified atom stereocenters. The van der Waals surface area contributed by atoms with Gasteiger partial charge in [-0.2, -0.15) is 5.10 Å². The van der Waals surface area contributed by atoms with Crippen LogP contribution in [-0.4, -0.2) is 15.3 Å². The number of aliphatic hydroxyl groups excluding tert-OH is 1. The number of benzene rings is 2.